The van der Waals surface area contributed by atoms with Crippen molar-refractivity contribution < 1.29 is 14.3 Å². The first-order valence-corrected chi connectivity index (χ1v) is 8.91. The molecular formula is C20H22N2O3S. The lowest BCUT2D eigenvalue weighted by atomic mass is 10.1. The van der Waals surface area contributed by atoms with Gasteiger partial charge in [-0.1, -0.05) is 43.7 Å². The number of benzene rings is 2. The zero-order valence-electron chi connectivity index (χ0n) is 14.7. The summed E-state index contributed by atoms with van der Waals surface area (Å²) >= 11 is 5.15. The van der Waals surface area contributed by atoms with Crippen molar-refractivity contribution in [3.63, 3.8) is 0 Å². The minimum Gasteiger partial charge on any atom is -0.462 e. The van der Waals surface area contributed by atoms with Crippen LogP contribution in [0, 0.1) is 0 Å². The topological polar surface area (TPSA) is 67.4 Å². The van der Waals surface area contributed by atoms with E-state index in [1.165, 1.54) is 0 Å². The summed E-state index contributed by atoms with van der Waals surface area (Å²) < 4.78 is 5.16. The maximum atomic E-state index is 12.0. The lowest BCUT2D eigenvalue weighted by molar-refractivity contribution is -0.119. The summed E-state index contributed by atoms with van der Waals surface area (Å²) in [5.74, 6) is -0.534. The standard InChI is InChI=1S/C20H22N2O3S/c1-2-3-13-25-19(24)16-9-11-17(12-10-16)21-20(26)22-18(23)14-15-7-5-4-6-8-15/h4-12H,2-3,13-14H2,1H3,(H2,21,22,23,26). The number of hydrogen-bond donors (Lipinski definition) is 2. The number of carbonyl (C=O) groups is 2. The molecule has 136 valence electrons. The lowest BCUT2D eigenvalue weighted by Crippen LogP contribution is -2.35. The highest BCUT2D eigenvalue weighted by Crippen LogP contribution is 2.11. The first-order chi connectivity index (χ1) is 12.6. The van der Waals surface area contributed by atoms with E-state index in [0.29, 0.717) is 17.9 Å². The second-order valence-corrected chi connectivity index (χ2v) is 6.14. The molecule has 6 heteroatoms. The van der Waals surface area contributed by atoms with Crippen molar-refractivity contribution in [3.8, 4) is 0 Å². The zero-order chi connectivity index (χ0) is 18.8. The first kappa shape index (κ1) is 19.6. The number of amides is 1. The van der Waals surface area contributed by atoms with E-state index < -0.39 is 0 Å². The summed E-state index contributed by atoms with van der Waals surface area (Å²) in [5, 5.41) is 5.78. The van der Waals surface area contributed by atoms with Crippen LogP contribution in [0.3, 0.4) is 0 Å². The monoisotopic (exact) mass is 370 g/mol. The molecule has 0 aliphatic rings. The average Bonchev–Trinajstić information content (AvgIpc) is 2.63. The molecule has 2 N–H and O–H groups in total. The summed E-state index contributed by atoms with van der Waals surface area (Å²) in [5.41, 5.74) is 2.07. The number of ether oxygens (including phenoxy) is 1. The number of esters is 1. The van der Waals surface area contributed by atoms with E-state index >= 15 is 0 Å². The predicted molar refractivity (Wildman–Crippen MR) is 106 cm³/mol. The van der Waals surface area contributed by atoms with Crippen LogP contribution in [0.4, 0.5) is 5.69 Å². The van der Waals surface area contributed by atoms with Crippen molar-refractivity contribution in [1.29, 1.82) is 0 Å². The number of carbonyl (C=O) groups excluding carboxylic acids is 2. The highest BCUT2D eigenvalue weighted by molar-refractivity contribution is 7.80. The maximum absolute atomic E-state index is 12.0. The summed E-state index contributed by atoms with van der Waals surface area (Å²) in [6, 6.07) is 16.2. The summed E-state index contributed by atoms with van der Waals surface area (Å²) in [6.07, 6.45) is 2.08. The van der Waals surface area contributed by atoms with E-state index in [-0.39, 0.29) is 23.4 Å². The molecule has 0 aliphatic carbocycles. The Balaban J connectivity index is 1.81. The minimum atomic E-state index is -0.344. The van der Waals surface area contributed by atoms with Crippen LogP contribution in [0.1, 0.15) is 35.7 Å². The average molecular weight is 370 g/mol. The summed E-state index contributed by atoms with van der Waals surface area (Å²) in [4.78, 5) is 23.8. The highest BCUT2D eigenvalue weighted by atomic mass is 32.1. The SMILES string of the molecule is CCCCOC(=O)c1ccc(NC(=S)NC(=O)Cc2ccccc2)cc1. The molecule has 0 spiro atoms. The van der Waals surface area contributed by atoms with Crippen LogP contribution < -0.4 is 10.6 Å². The number of thiocarbonyl (C=S) groups is 1. The van der Waals surface area contributed by atoms with Gasteiger partial charge in [0.1, 0.15) is 0 Å². The second kappa shape index (κ2) is 10.3. The Hall–Kier alpha value is -2.73. The molecule has 1 amide bonds. The van der Waals surface area contributed by atoms with Gasteiger partial charge < -0.3 is 15.4 Å². The number of unbranched alkanes of at least 4 members (excludes halogenated alkanes) is 1. The van der Waals surface area contributed by atoms with Gasteiger partial charge in [0.15, 0.2) is 5.11 Å². The Morgan fingerprint density at radius 1 is 1.04 bits per heavy atom. The first-order valence-electron chi connectivity index (χ1n) is 8.50. The molecule has 0 radical (unpaired) electrons. The van der Waals surface area contributed by atoms with E-state index in [1.54, 1.807) is 24.3 Å². The third-order valence-electron chi connectivity index (χ3n) is 3.57. The molecule has 2 rings (SSSR count). The van der Waals surface area contributed by atoms with Crippen molar-refractivity contribution in [3.05, 3.63) is 65.7 Å². The van der Waals surface area contributed by atoms with Crippen molar-refractivity contribution in [2.24, 2.45) is 0 Å². The molecule has 26 heavy (non-hydrogen) atoms. The molecule has 5 nitrogen and oxygen atoms in total. The number of nitrogens with one attached hydrogen (secondary N) is 2. The zero-order valence-corrected chi connectivity index (χ0v) is 15.5. The molecule has 0 aromatic heterocycles. The second-order valence-electron chi connectivity index (χ2n) is 5.73. The molecular weight excluding hydrogens is 348 g/mol. The Labute approximate surface area is 158 Å². The lowest BCUT2D eigenvalue weighted by Gasteiger charge is -2.10. The van der Waals surface area contributed by atoms with E-state index in [2.05, 4.69) is 10.6 Å². The Morgan fingerprint density at radius 3 is 2.38 bits per heavy atom. The van der Waals surface area contributed by atoms with Gasteiger partial charge in [-0.15, -0.1) is 0 Å². The summed E-state index contributed by atoms with van der Waals surface area (Å²) in [6.45, 7) is 2.46. The van der Waals surface area contributed by atoms with Crippen LogP contribution in [-0.4, -0.2) is 23.6 Å². The van der Waals surface area contributed by atoms with Crippen LogP contribution in [0.5, 0.6) is 0 Å². The Kier molecular flexibility index (Phi) is 7.76. The summed E-state index contributed by atoms with van der Waals surface area (Å²) in [7, 11) is 0. The van der Waals surface area contributed by atoms with E-state index in [9.17, 15) is 9.59 Å². The van der Waals surface area contributed by atoms with Crippen LogP contribution in [0.15, 0.2) is 54.6 Å². The molecule has 0 atom stereocenters. The van der Waals surface area contributed by atoms with Crippen molar-refractivity contribution in [2.45, 2.75) is 26.2 Å². The van der Waals surface area contributed by atoms with E-state index in [4.69, 9.17) is 17.0 Å². The molecule has 0 fully saturated rings. The van der Waals surface area contributed by atoms with Gasteiger partial charge in [0.05, 0.1) is 18.6 Å². The molecule has 2 aromatic carbocycles. The van der Waals surface area contributed by atoms with E-state index in [1.807, 2.05) is 37.3 Å². The molecule has 0 saturated heterocycles. The third kappa shape index (κ3) is 6.64. The maximum Gasteiger partial charge on any atom is 0.338 e. The number of hydrogen-bond acceptors (Lipinski definition) is 4. The minimum absolute atomic E-state index is 0.190. The van der Waals surface area contributed by atoms with Gasteiger partial charge in [0.25, 0.3) is 0 Å². The number of rotatable bonds is 7. The van der Waals surface area contributed by atoms with Crippen LogP contribution in [-0.2, 0) is 16.0 Å². The molecule has 0 aliphatic heterocycles. The van der Waals surface area contributed by atoms with Gasteiger partial charge in [0, 0.05) is 5.69 Å². The van der Waals surface area contributed by atoms with Crippen molar-refractivity contribution >= 4 is 34.9 Å². The van der Waals surface area contributed by atoms with Gasteiger partial charge in [-0.2, -0.15) is 0 Å². The molecule has 0 bridgehead atoms. The van der Waals surface area contributed by atoms with Crippen molar-refractivity contribution in [1.82, 2.24) is 5.32 Å². The third-order valence-corrected chi connectivity index (χ3v) is 3.77. The van der Waals surface area contributed by atoms with Gasteiger partial charge in [-0.3, -0.25) is 4.79 Å². The van der Waals surface area contributed by atoms with Gasteiger partial charge in [-0.25, -0.2) is 4.79 Å². The van der Waals surface area contributed by atoms with Gasteiger partial charge >= 0.3 is 5.97 Å². The largest absolute Gasteiger partial charge is 0.462 e. The van der Waals surface area contributed by atoms with E-state index in [0.717, 1.165) is 18.4 Å². The molecule has 0 unspecified atom stereocenters. The quantitative estimate of drug-likeness (QED) is 0.442. The fraction of sp³-hybridized carbons (Fsp3) is 0.250. The van der Waals surface area contributed by atoms with Crippen LogP contribution in [0.2, 0.25) is 0 Å². The van der Waals surface area contributed by atoms with Gasteiger partial charge in [0.2, 0.25) is 5.91 Å². The molecule has 0 heterocycles. The van der Waals surface area contributed by atoms with Crippen LogP contribution in [0.25, 0.3) is 0 Å². The Bertz CT molecular complexity index is 745. The molecule has 2 aromatic rings. The molecule has 0 saturated carbocycles. The smallest absolute Gasteiger partial charge is 0.338 e. The Morgan fingerprint density at radius 2 is 1.73 bits per heavy atom. The fourth-order valence-corrected chi connectivity index (χ4v) is 2.43. The fourth-order valence-electron chi connectivity index (χ4n) is 2.20. The number of anilines is 1. The normalized spacial score (nSPS) is 10.0. The van der Waals surface area contributed by atoms with Gasteiger partial charge in [-0.05, 0) is 48.5 Å². The van der Waals surface area contributed by atoms with Crippen LogP contribution >= 0.6 is 12.2 Å². The highest BCUT2D eigenvalue weighted by Gasteiger charge is 2.08. The predicted octanol–water partition coefficient (Wildman–Crippen LogP) is 3.70. The van der Waals surface area contributed by atoms with Crippen molar-refractivity contribution in [2.75, 3.05) is 11.9 Å².